The molecule has 2 atom stereocenters. The Morgan fingerprint density at radius 1 is 1.19 bits per heavy atom. The fourth-order valence-electron chi connectivity index (χ4n) is 3.06. The van der Waals surface area contributed by atoms with Crippen LogP contribution in [-0.2, 0) is 4.79 Å². The predicted octanol–water partition coefficient (Wildman–Crippen LogP) is 1.66. The second-order valence-electron chi connectivity index (χ2n) is 6.31. The van der Waals surface area contributed by atoms with Crippen molar-refractivity contribution in [3.63, 3.8) is 0 Å². The molecule has 0 spiro atoms. The van der Waals surface area contributed by atoms with Gasteiger partial charge in [-0.3, -0.25) is 9.69 Å². The summed E-state index contributed by atoms with van der Waals surface area (Å²) in [5.74, 6) is -1.26. The summed E-state index contributed by atoms with van der Waals surface area (Å²) >= 11 is 0. The third-order valence-electron chi connectivity index (χ3n) is 4.13. The Kier molecular flexibility index (Phi) is 6.95. The van der Waals surface area contributed by atoms with E-state index in [4.69, 9.17) is 5.11 Å². The van der Waals surface area contributed by atoms with Crippen LogP contribution < -0.4 is 10.6 Å². The number of amides is 2. The van der Waals surface area contributed by atoms with Gasteiger partial charge in [0.05, 0.1) is 5.92 Å². The van der Waals surface area contributed by atoms with Crippen molar-refractivity contribution in [1.29, 1.82) is 0 Å². The molecule has 0 aromatic rings. The lowest BCUT2D eigenvalue weighted by Crippen LogP contribution is -2.48. The summed E-state index contributed by atoms with van der Waals surface area (Å²) in [6.07, 6.45) is 2.25. The molecule has 0 aromatic carbocycles. The highest BCUT2D eigenvalue weighted by atomic mass is 16.4. The summed E-state index contributed by atoms with van der Waals surface area (Å²) in [6.45, 7) is 9.89. The Bertz CT molecular complexity index is 350. The molecule has 0 bridgehead atoms. The van der Waals surface area contributed by atoms with E-state index in [-0.39, 0.29) is 12.1 Å². The van der Waals surface area contributed by atoms with Crippen molar-refractivity contribution in [2.24, 2.45) is 5.92 Å². The smallest absolute Gasteiger partial charge is 0.315 e. The van der Waals surface area contributed by atoms with Gasteiger partial charge in [-0.1, -0.05) is 6.42 Å². The fraction of sp³-hybridized carbons (Fsp3) is 0.867. The monoisotopic (exact) mass is 299 g/mol. The number of carbonyl (C=O) groups excluding carboxylic acids is 1. The van der Waals surface area contributed by atoms with E-state index in [0.717, 1.165) is 19.4 Å². The summed E-state index contributed by atoms with van der Waals surface area (Å²) in [4.78, 5) is 25.2. The maximum atomic E-state index is 11.9. The Hall–Kier alpha value is -1.30. The molecule has 6 heteroatoms. The number of nitrogens with zero attached hydrogens (tertiary/aromatic N) is 1. The van der Waals surface area contributed by atoms with Gasteiger partial charge in [0.25, 0.3) is 0 Å². The standard InChI is InChI=1S/C15H29N3O3/c1-10(2)18(11(3)4)9-8-16-15(21)17-13-7-5-6-12(13)14(19)20/h10-13H,5-9H2,1-4H3,(H,19,20)(H2,16,17,21). The third-order valence-corrected chi connectivity index (χ3v) is 4.13. The van der Waals surface area contributed by atoms with E-state index in [1.54, 1.807) is 0 Å². The second kappa shape index (κ2) is 8.22. The van der Waals surface area contributed by atoms with Gasteiger partial charge in [0.15, 0.2) is 0 Å². The van der Waals surface area contributed by atoms with E-state index in [0.29, 0.717) is 25.0 Å². The molecular weight excluding hydrogens is 270 g/mol. The van der Waals surface area contributed by atoms with Crippen molar-refractivity contribution in [2.45, 2.75) is 65.1 Å². The first-order chi connectivity index (χ1) is 9.82. The summed E-state index contributed by atoms with van der Waals surface area (Å²) in [6, 6.07) is 0.358. The Labute approximate surface area is 127 Å². The van der Waals surface area contributed by atoms with Crippen molar-refractivity contribution >= 4 is 12.0 Å². The number of nitrogens with one attached hydrogen (secondary N) is 2. The average Bonchev–Trinajstić information content (AvgIpc) is 2.81. The van der Waals surface area contributed by atoms with Crippen molar-refractivity contribution in [1.82, 2.24) is 15.5 Å². The highest BCUT2D eigenvalue weighted by molar-refractivity contribution is 5.77. The predicted molar refractivity (Wildman–Crippen MR) is 82.3 cm³/mol. The van der Waals surface area contributed by atoms with Crippen molar-refractivity contribution < 1.29 is 14.7 Å². The van der Waals surface area contributed by atoms with Gasteiger partial charge in [-0.05, 0) is 40.5 Å². The number of carbonyl (C=O) groups is 2. The molecule has 1 saturated carbocycles. The SMILES string of the molecule is CC(C)N(CCNC(=O)NC1CCCC1C(=O)O)C(C)C. The van der Waals surface area contributed by atoms with Gasteiger partial charge in [0, 0.05) is 31.2 Å². The molecule has 0 aliphatic heterocycles. The Morgan fingerprint density at radius 2 is 1.81 bits per heavy atom. The molecule has 6 nitrogen and oxygen atoms in total. The molecule has 2 unspecified atom stereocenters. The molecule has 1 rings (SSSR count). The molecule has 0 heterocycles. The van der Waals surface area contributed by atoms with E-state index in [1.807, 2.05) is 0 Å². The lowest BCUT2D eigenvalue weighted by molar-refractivity contribution is -0.142. The van der Waals surface area contributed by atoms with Crippen molar-refractivity contribution in [3.05, 3.63) is 0 Å². The molecule has 0 aromatic heterocycles. The molecular formula is C15H29N3O3. The Morgan fingerprint density at radius 3 is 2.33 bits per heavy atom. The summed E-state index contributed by atoms with van der Waals surface area (Å²) in [5, 5.41) is 14.7. The lowest BCUT2D eigenvalue weighted by Gasteiger charge is -2.30. The zero-order valence-corrected chi connectivity index (χ0v) is 13.6. The minimum atomic E-state index is -0.816. The summed E-state index contributed by atoms with van der Waals surface area (Å²) in [7, 11) is 0. The number of aliphatic carboxylic acids is 1. The topological polar surface area (TPSA) is 81.7 Å². The second-order valence-corrected chi connectivity index (χ2v) is 6.31. The van der Waals surface area contributed by atoms with Crippen LogP contribution in [0.1, 0.15) is 47.0 Å². The first kappa shape index (κ1) is 17.8. The molecule has 21 heavy (non-hydrogen) atoms. The number of carboxylic acid groups (broad SMARTS) is 1. The minimum absolute atomic E-state index is 0.242. The molecule has 122 valence electrons. The summed E-state index contributed by atoms with van der Waals surface area (Å²) in [5.41, 5.74) is 0. The van der Waals surface area contributed by atoms with Crippen LogP contribution in [0.3, 0.4) is 0 Å². The van der Waals surface area contributed by atoms with E-state index in [2.05, 4.69) is 43.2 Å². The zero-order valence-electron chi connectivity index (χ0n) is 13.6. The highest BCUT2D eigenvalue weighted by Crippen LogP contribution is 2.25. The third kappa shape index (κ3) is 5.53. The van der Waals surface area contributed by atoms with Gasteiger partial charge >= 0.3 is 12.0 Å². The molecule has 1 aliphatic carbocycles. The van der Waals surface area contributed by atoms with Gasteiger partial charge < -0.3 is 15.7 Å². The van der Waals surface area contributed by atoms with Gasteiger partial charge in [0.1, 0.15) is 0 Å². The quantitative estimate of drug-likeness (QED) is 0.668. The van der Waals surface area contributed by atoms with Crippen molar-refractivity contribution in [2.75, 3.05) is 13.1 Å². The van der Waals surface area contributed by atoms with Crippen LogP contribution >= 0.6 is 0 Å². The fourth-order valence-corrected chi connectivity index (χ4v) is 3.06. The van der Waals surface area contributed by atoms with Crippen LogP contribution in [0.15, 0.2) is 0 Å². The molecule has 2 amide bonds. The van der Waals surface area contributed by atoms with Crippen LogP contribution in [0.25, 0.3) is 0 Å². The first-order valence-electron chi connectivity index (χ1n) is 7.85. The van der Waals surface area contributed by atoms with Crippen molar-refractivity contribution in [3.8, 4) is 0 Å². The van der Waals surface area contributed by atoms with Crippen LogP contribution in [0, 0.1) is 5.92 Å². The average molecular weight is 299 g/mol. The van der Waals surface area contributed by atoms with Crippen LogP contribution in [0.5, 0.6) is 0 Å². The molecule has 3 N–H and O–H groups in total. The molecule has 0 saturated heterocycles. The normalized spacial score (nSPS) is 22.0. The highest BCUT2D eigenvalue weighted by Gasteiger charge is 2.33. The van der Waals surface area contributed by atoms with E-state index in [1.165, 1.54) is 0 Å². The van der Waals surface area contributed by atoms with Gasteiger partial charge in [-0.15, -0.1) is 0 Å². The van der Waals surface area contributed by atoms with E-state index < -0.39 is 11.9 Å². The van der Waals surface area contributed by atoms with Gasteiger partial charge in [-0.25, -0.2) is 4.79 Å². The zero-order chi connectivity index (χ0) is 16.0. The first-order valence-corrected chi connectivity index (χ1v) is 7.85. The number of urea groups is 1. The van der Waals surface area contributed by atoms with Crippen LogP contribution in [-0.4, -0.2) is 53.2 Å². The van der Waals surface area contributed by atoms with E-state index >= 15 is 0 Å². The van der Waals surface area contributed by atoms with Gasteiger partial charge in [0.2, 0.25) is 0 Å². The molecule has 1 aliphatic rings. The number of hydrogen-bond donors (Lipinski definition) is 3. The summed E-state index contributed by atoms with van der Waals surface area (Å²) < 4.78 is 0. The lowest BCUT2D eigenvalue weighted by atomic mass is 10.0. The van der Waals surface area contributed by atoms with Crippen LogP contribution in [0.2, 0.25) is 0 Å². The molecule has 0 radical (unpaired) electrons. The minimum Gasteiger partial charge on any atom is -0.481 e. The Balaban J connectivity index is 2.32. The maximum Gasteiger partial charge on any atom is 0.315 e. The number of rotatable bonds is 7. The van der Waals surface area contributed by atoms with Crippen LogP contribution in [0.4, 0.5) is 4.79 Å². The molecule has 1 fully saturated rings. The maximum absolute atomic E-state index is 11.9. The number of carboxylic acids is 1. The largest absolute Gasteiger partial charge is 0.481 e. The van der Waals surface area contributed by atoms with Gasteiger partial charge in [-0.2, -0.15) is 0 Å². The van der Waals surface area contributed by atoms with E-state index in [9.17, 15) is 9.59 Å². The number of hydrogen-bond acceptors (Lipinski definition) is 3.